The third-order valence-electron chi connectivity index (χ3n) is 10.6. The molecule has 0 radical (unpaired) electrons. The highest BCUT2D eigenvalue weighted by atomic mass is 16.6. The maximum absolute atomic E-state index is 14.2. The zero-order valence-corrected chi connectivity index (χ0v) is 24.3. The molecule has 3 aliphatic carbocycles. The fourth-order valence-electron chi connectivity index (χ4n) is 8.92. The Morgan fingerprint density at radius 1 is 1.10 bits per heavy atom. The molecule has 11 nitrogen and oxygen atoms in total. The van der Waals surface area contributed by atoms with Crippen molar-refractivity contribution in [3.05, 3.63) is 47.0 Å². The number of carbonyl (C=O) groups excluding carboxylic acids is 4. The van der Waals surface area contributed by atoms with Crippen LogP contribution in [0.5, 0.6) is 0 Å². The Labute approximate surface area is 243 Å². The lowest BCUT2D eigenvalue weighted by molar-refractivity contribution is -0.387. The van der Waals surface area contributed by atoms with Gasteiger partial charge in [-0.2, -0.15) is 0 Å². The van der Waals surface area contributed by atoms with Crippen molar-refractivity contribution in [3.8, 4) is 0 Å². The van der Waals surface area contributed by atoms with Gasteiger partial charge in [0, 0.05) is 20.3 Å². The smallest absolute Gasteiger partial charge is 0.343 e. The van der Waals surface area contributed by atoms with Crippen LogP contribution in [0.15, 0.2) is 41.5 Å². The SMILES string of the molecule is CC(=O)OC[C@@]12[C@H]([C@H](OC(=O)c3ccccc3)[C@@]34CCC(C)=C3[C@]1(O)C(=O)OC4(C)C)[C@]1(OC(C)=O)CO[C@@H]1C[C@@H]2O. The Morgan fingerprint density at radius 2 is 1.79 bits per heavy atom. The number of hydrogen-bond acceptors (Lipinski definition) is 11. The van der Waals surface area contributed by atoms with Gasteiger partial charge < -0.3 is 33.9 Å². The number of aliphatic hydroxyl groups excluding tert-OH is 1. The van der Waals surface area contributed by atoms with Crippen molar-refractivity contribution < 1.29 is 53.1 Å². The third kappa shape index (κ3) is 3.32. The molecule has 0 aromatic heterocycles. The molecule has 2 saturated heterocycles. The van der Waals surface area contributed by atoms with Crippen LogP contribution in [0.4, 0.5) is 0 Å². The highest BCUT2D eigenvalue weighted by Crippen LogP contribution is 2.75. The highest BCUT2D eigenvalue weighted by Gasteiger charge is 2.88. The standard InChI is InChI=1S/C31H36O11/c1-16-11-12-28-22(16)31(37,26(36)42-27(28,4)5)29(14-38-17(2)32)20(34)13-21-30(15-39-21,41-18(3)33)23(29)24(28)40-25(35)19-9-7-6-8-10-19/h6-10,20-21,23-24,34,37H,11-15H2,1-5H3/t20-,21+,23-,24-,28+,29+,30-,31-/m0/s1. The van der Waals surface area contributed by atoms with Gasteiger partial charge in [-0.3, -0.25) is 9.59 Å². The second-order valence-corrected chi connectivity index (χ2v) is 12.8. The lowest BCUT2D eigenvalue weighted by atomic mass is 9.37. The van der Waals surface area contributed by atoms with Crippen molar-refractivity contribution in [1.82, 2.24) is 0 Å². The van der Waals surface area contributed by atoms with Gasteiger partial charge in [0.25, 0.3) is 0 Å². The first-order valence-corrected chi connectivity index (χ1v) is 14.2. The molecule has 2 aliphatic heterocycles. The minimum Gasteiger partial charge on any atom is -0.465 e. The Hall–Kier alpha value is -3.28. The summed E-state index contributed by atoms with van der Waals surface area (Å²) in [6, 6.07) is 8.34. The molecule has 11 heteroatoms. The van der Waals surface area contributed by atoms with Gasteiger partial charge in [0.05, 0.1) is 35.0 Å². The molecule has 8 atom stereocenters. The largest absolute Gasteiger partial charge is 0.465 e. The predicted octanol–water partition coefficient (Wildman–Crippen LogP) is 2.02. The summed E-state index contributed by atoms with van der Waals surface area (Å²) >= 11 is 0. The van der Waals surface area contributed by atoms with Crippen molar-refractivity contribution in [1.29, 1.82) is 0 Å². The molecule has 0 unspecified atom stereocenters. The molecule has 2 saturated carbocycles. The number of cyclic esters (lactones) is 1. The molecule has 2 heterocycles. The third-order valence-corrected chi connectivity index (χ3v) is 10.6. The predicted molar refractivity (Wildman–Crippen MR) is 143 cm³/mol. The van der Waals surface area contributed by atoms with E-state index in [0.29, 0.717) is 24.0 Å². The lowest BCUT2D eigenvalue weighted by Gasteiger charge is -2.74. The summed E-state index contributed by atoms with van der Waals surface area (Å²) < 4.78 is 29.9. The quantitative estimate of drug-likeness (QED) is 0.297. The summed E-state index contributed by atoms with van der Waals surface area (Å²) in [5.74, 6) is -4.32. The van der Waals surface area contributed by atoms with Gasteiger partial charge in [-0.15, -0.1) is 0 Å². The fraction of sp³-hybridized carbons (Fsp3) is 0.613. The molecule has 226 valence electrons. The summed E-state index contributed by atoms with van der Waals surface area (Å²) in [5, 5.41) is 24.9. The van der Waals surface area contributed by atoms with Gasteiger partial charge in [0.1, 0.15) is 24.4 Å². The molecule has 0 amide bonds. The average Bonchev–Trinajstić information content (AvgIpc) is 3.29. The van der Waals surface area contributed by atoms with Gasteiger partial charge in [0.2, 0.25) is 0 Å². The zero-order valence-electron chi connectivity index (χ0n) is 24.3. The molecule has 5 aliphatic rings. The van der Waals surface area contributed by atoms with Crippen LogP contribution in [0.1, 0.15) is 64.2 Å². The molecular weight excluding hydrogens is 548 g/mol. The van der Waals surface area contributed by atoms with E-state index in [9.17, 15) is 29.4 Å². The van der Waals surface area contributed by atoms with Crippen molar-refractivity contribution in [3.63, 3.8) is 0 Å². The zero-order chi connectivity index (χ0) is 30.5. The van der Waals surface area contributed by atoms with E-state index in [1.807, 2.05) is 0 Å². The molecule has 1 aromatic carbocycles. The number of ether oxygens (including phenoxy) is 5. The average molecular weight is 585 g/mol. The molecule has 4 fully saturated rings. The second kappa shape index (κ2) is 9.11. The van der Waals surface area contributed by atoms with Gasteiger partial charge in [-0.05, 0) is 51.3 Å². The van der Waals surface area contributed by atoms with Crippen molar-refractivity contribution in [2.24, 2.45) is 16.7 Å². The van der Waals surface area contributed by atoms with Crippen LogP contribution < -0.4 is 0 Å². The van der Waals surface area contributed by atoms with E-state index >= 15 is 0 Å². The normalized spacial score (nSPS) is 40.9. The molecule has 2 bridgehead atoms. The van der Waals surface area contributed by atoms with E-state index in [4.69, 9.17) is 23.7 Å². The van der Waals surface area contributed by atoms with E-state index in [0.717, 1.165) is 0 Å². The highest BCUT2D eigenvalue weighted by molar-refractivity contribution is 5.91. The summed E-state index contributed by atoms with van der Waals surface area (Å²) in [7, 11) is 0. The minimum atomic E-state index is -2.51. The van der Waals surface area contributed by atoms with Gasteiger partial charge in [-0.25, -0.2) is 9.59 Å². The van der Waals surface area contributed by atoms with Crippen LogP contribution >= 0.6 is 0 Å². The summed E-state index contributed by atoms with van der Waals surface area (Å²) in [5.41, 5.74) is -7.42. The number of benzene rings is 1. The van der Waals surface area contributed by atoms with Gasteiger partial charge in [0.15, 0.2) is 11.2 Å². The lowest BCUT2D eigenvalue weighted by Crippen LogP contribution is -2.89. The van der Waals surface area contributed by atoms with Gasteiger partial charge in [-0.1, -0.05) is 23.8 Å². The first kappa shape index (κ1) is 28.8. The Morgan fingerprint density at radius 3 is 2.38 bits per heavy atom. The van der Waals surface area contributed by atoms with Crippen LogP contribution in [-0.2, 0) is 38.1 Å². The molecule has 0 spiro atoms. The number of rotatable bonds is 5. The first-order chi connectivity index (χ1) is 19.7. The van der Waals surface area contributed by atoms with E-state index in [-0.39, 0.29) is 18.6 Å². The van der Waals surface area contributed by atoms with E-state index in [1.165, 1.54) is 13.8 Å². The maximum Gasteiger partial charge on any atom is 0.343 e. The first-order valence-electron chi connectivity index (χ1n) is 14.2. The minimum absolute atomic E-state index is 0.143. The van der Waals surface area contributed by atoms with E-state index in [1.54, 1.807) is 51.1 Å². The second-order valence-electron chi connectivity index (χ2n) is 12.8. The number of hydrogen-bond donors (Lipinski definition) is 2. The Bertz CT molecular complexity index is 1400. The van der Waals surface area contributed by atoms with Crippen LogP contribution in [0.25, 0.3) is 0 Å². The van der Waals surface area contributed by atoms with E-state index < -0.39 is 82.3 Å². The maximum atomic E-state index is 14.2. The Kier molecular flexibility index (Phi) is 6.25. The molecule has 1 aromatic rings. The van der Waals surface area contributed by atoms with Crippen LogP contribution in [0.3, 0.4) is 0 Å². The molecule has 6 rings (SSSR count). The monoisotopic (exact) mass is 584 g/mol. The summed E-state index contributed by atoms with van der Waals surface area (Å²) in [4.78, 5) is 53.0. The number of esters is 4. The molecular formula is C31H36O11. The van der Waals surface area contributed by atoms with Crippen molar-refractivity contribution in [2.45, 2.75) is 89.0 Å². The number of carbonyl (C=O) groups is 4. The van der Waals surface area contributed by atoms with Crippen LogP contribution in [0, 0.1) is 16.7 Å². The van der Waals surface area contributed by atoms with Gasteiger partial charge >= 0.3 is 23.9 Å². The topological polar surface area (TPSA) is 155 Å². The Balaban J connectivity index is 1.69. The number of aliphatic hydroxyl groups is 2. The van der Waals surface area contributed by atoms with Crippen LogP contribution in [0.2, 0.25) is 0 Å². The van der Waals surface area contributed by atoms with Crippen LogP contribution in [-0.4, -0.2) is 82.4 Å². The summed E-state index contributed by atoms with van der Waals surface area (Å²) in [6.07, 6.45) is -2.95. The van der Waals surface area contributed by atoms with Crippen molar-refractivity contribution in [2.75, 3.05) is 13.2 Å². The number of allylic oxidation sites excluding steroid dienone is 1. The fourth-order valence-corrected chi connectivity index (χ4v) is 8.92. The number of fused-ring (bicyclic) bond motifs is 4. The molecule has 2 N–H and O–H groups in total. The van der Waals surface area contributed by atoms with E-state index in [2.05, 4.69) is 0 Å². The van der Waals surface area contributed by atoms with Crippen molar-refractivity contribution >= 4 is 23.9 Å². The molecule has 42 heavy (non-hydrogen) atoms. The summed E-state index contributed by atoms with van der Waals surface area (Å²) in [6.45, 7) is 6.82.